The average Bonchev–Trinajstić information content (AvgIpc) is 2.25. The number of unbranched alkanes of at least 4 members (excludes halogenated alkanes) is 5. The number of alkyl halides is 1. The van der Waals surface area contributed by atoms with Crippen LogP contribution in [0.25, 0.3) is 0 Å². The molecule has 1 rings (SSSR count). The first kappa shape index (κ1) is 14.0. The van der Waals surface area contributed by atoms with E-state index < -0.39 is 5.67 Å². The van der Waals surface area contributed by atoms with E-state index in [0.717, 1.165) is 25.9 Å². The van der Waals surface area contributed by atoms with Gasteiger partial charge in [-0.1, -0.05) is 45.4 Å². The van der Waals surface area contributed by atoms with E-state index in [1.54, 1.807) is 6.92 Å². The monoisotopic (exact) mass is 230 g/mol. The molecule has 1 aliphatic heterocycles. The number of hydrogen-bond donors (Lipinski definition) is 0. The van der Waals surface area contributed by atoms with Gasteiger partial charge in [-0.25, -0.2) is 4.39 Å². The molecule has 2 heteroatoms. The van der Waals surface area contributed by atoms with E-state index in [1.165, 1.54) is 32.1 Å². The van der Waals surface area contributed by atoms with Crippen molar-refractivity contribution in [2.45, 2.75) is 83.4 Å². The third kappa shape index (κ3) is 4.82. The fraction of sp³-hybridized carbons (Fsp3) is 1.00. The third-order valence-corrected chi connectivity index (χ3v) is 3.62. The van der Waals surface area contributed by atoms with Crippen LogP contribution >= 0.6 is 0 Å². The molecular weight excluding hydrogens is 203 g/mol. The molecule has 0 aliphatic carbocycles. The molecule has 0 aromatic heterocycles. The lowest BCUT2D eigenvalue weighted by molar-refractivity contribution is -0.0954. The van der Waals surface area contributed by atoms with Crippen LogP contribution in [0.1, 0.15) is 71.6 Å². The molecule has 0 unspecified atom stereocenters. The maximum Gasteiger partial charge on any atom is 0.134 e. The maximum atomic E-state index is 14.0. The van der Waals surface area contributed by atoms with Crippen LogP contribution < -0.4 is 0 Å². The van der Waals surface area contributed by atoms with Crippen LogP contribution in [0, 0.1) is 0 Å². The van der Waals surface area contributed by atoms with E-state index in [-0.39, 0.29) is 6.10 Å². The van der Waals surface area contributed by atoms with Gasteiger partial charge in [-0.2, -0.15) is 0 Å². The molecule has 0 spiro atoms. The van der Waals surface area contributed by atoms with Crippen LogP contribution in [-0.4, -0.2) is 18.4 Å². The van der Waals surface area contributed by atoms with E-state index >= 15 is 0 Å². The molecule has 1 nitrogen and oxygen atoms in total. The summed E-state index contributed by atoms with van der Waals surface area (Å²) in [5.41, 5.74) is -1.08. The van der Waals surface area contributed by atoms with E-state index in [0.29, 0.717) is 6.42 Å². The molecule has 1 fully saturated rings. The highest BCUT2D eigenvalue weighted by Gasteiger charge is 2.36. The van der Waals surface area contributed by atoms with Crippen molar-refractivity contribution < 1.29 is 9.13 Å². The molecule has 0 aromatic carbocycles. The third-order valence-electron chi connectivity index (χ3n) is 3.62. The minimum atomic E-state index is -1.08. The molecule has 96 valence electrons. The Labute approximate surface area is 99.8 Å². The summed E-state index contributed by atoms with van der Waals surface area (Å²) in [4.78, 5) is 0. The minimum absolute atomic E-state index is 0.146. The summed E-state index contributed by atoms with van der Waals surface area (Å²) >= 11 is 0. The molecule has 0 bridgehead atoms. The SMILES string of the molecule is CCCCCCCC[C@@H]1OCCC[C@@]1(C)F. The summed E-state index contributed by atoms with van der Waals surface area (Å²) in [6.45, 7) is 4.68. The van der Waals surface area contributed by atoms with Gasteiger partial charge in [-0.05, 0) is 26.2 Å². The van der Waals surface area contributed by atoms with Crippen molar-refractivity contribution in [3.63, 3.8) is 0 Å². The van der Waals surface area contributed by atoms with E-state index in [1.807, 2.05) is 0 Å². The molecular formula is C14H27FO. The highest BCUT2D eigenvalue weighted by atomic mass is 19.1. The summed E-state index contributed by atoms with van der Waals surface area (Å²) in [5.74, 6) is 0. The Morgan fingerprint density at radius 1 is 1.19 bits per heavy atom. The van der Waals surface area contributed by atoms with Crippen molar-refractivity contribution in [1.29, 1.82) is 0 Å². The summed E-state index contributed by atoms with van der Waals surface area (Å²) < 4.78 is 19.6. The fourth-order valence-electron chi connectivity index (χ4n) is 2.47. The van der Waals surface area contributed by atoms with E-state index in [4.69, 9.17) is 4.74 Å². The Bertz CT molecular complexity index is 180. The highest BCUT2D eigenvalue weighted by Crippen LogP contribution is 2.32. The number of hydrogen-bond acceptors (Lipinski definition) is 1. The van der Waals surface area contributed by atoms with Crippen molar-refractivity contribution in [2.24, 2.45) is 0 Å². The summed E-state index contributed by atoms with van der Waals surface area (Å²) in [5, 5.41) is 0. The van der Waals surface area contributed by atoms with Crippen molar-refractivity contribution >= 4 is 0 Å². The molecule has 1 heterocycles. The molecule has 0 radical (unpaired) electrons. The van der Waals surface area contributed by atoms with Crippen LogP contribution in [-0.2, 0) is 4.74 Å². The van der Waals surface area contributed by atoms with E-state index in [2.05, 4.69) is 6.92 Å². The summed E-state index contributed by atoms with van der Waals surface area (Å²) in [6, 6.07) is 0. The number of rotatable bonds is 7. The quantitative estimate of drug-likeness (QED) is 0.579. The molecule has 16 heavy (non-hydrogen) atoms. The predicted molar refractivity (Wildman–Crippen MR) is 66.5 cm³/mol. The molecule has 0 amide bonds. The van der Waals surface area contributed by atoms with Crippen molar-refractivity contribution in [3.8, 4) is 0 Å². The van der Waals surface area contributed by atoms with Crippen molar-refractivity contribution in [3.05, 3.63) is 0 Å². The molecule has 1 aliphatic rings. The molecule has 1 saturated heterocycles. The second-order valence-corrected chi connectivity index (χ2v) is 5.30. The van der Waals surface area contributed by atoms with Gasteiger partial charge in [0, 0.05) is 6.61 Å². The molecule has 0 saturated carbocycles. The lowest BCUT2D eigenvalue weighted by Gasteiger charge is -2.34. The van der Waals surface area contributed by atoms with Gasteiger partial charge in [-0.3, -0.25) is 0 Å². The molecule has 0 aromatic rings. The van der Waals surface area contributed by atoms with Crippen LogP contribution in [0.3, 0.4) is 0 Å². The van der Waals surface area contributed by atoms with Gasteiger partial charge in [0.25, 0.3) is 0 Å². The highest BCUT2D eigenvalue weighted by molar-refractivity contribution is 4.86. The zero-order chi connectivity index (χ0) is 11.9. The van der Waals surface area contributed by atoms with Gasteiger partial charge in [0.1, 0.15) is 5.67 Å². The Morgan fingerprint density at radius 2 is 1.88 bits per heavy atom. The Hall–Kier alpha value is -0.110. The first-order chi connectivity index (χ1) is 7.67. The van der Waals surface area contributed by atoms with Gasteiger partial charge >= 0.3 is 0 Å². The van der Waals surface area contributed by atoms with Gasteiger partial charge in [0.15, 0.2) is 0 Å². The number of halogens is 1. The molecule has 2 atom stereocenters. The Morgan fingerprint density at radius 3 is 2.56 bits per heavy atom. The first-order valence-electron chi connectivity index (χ1n) is 6.97. The van der Waals surface area contributed by atoms with Gasteiger partial charge in [-0.15, -0.1) is 0 Å². The van der Waals surface area contributed by atoms with Crippen molar-refractivity contribution in [2.75, 3.05) is 6.61 Å². The lowest BCUT2D eigenvalue weighted by Crippen LogP contribution is -2.41. The topological polar surface area (TPSA) is 9.23 Å². The predicted octanol–water partition coefficient (Wildman–Crippen LogP) is 4.64. The van der Waals surface area contributed by atoms with Crippen LogP contribution in [0.15, 0.2) is 0 Å². The lowest BCUT2D eigenvalue weighted by atomic mass is 9.89. The van der Waals surface area contributed by atoms with Gasteiger partial charge < -0.3 is 4.74 Å². The fourth-order valence-corrected chi connectivity index (χ4v) is 2.47. The van der Waals surface area contributed by atoms with Crippen LogP contribution in [0.4, 0.5) is 4.39 Å². The Kier molecular flexibility index (Phi) is 6.33. The minimum Gasteiger partial charge on any atom is -0.375 e. The smallest absolute Gasteiger partial charge is 0.134 e. The van der Waals surface area contributed by atoms with Gasteiger partial charge in [0.2, 0.25) is 0 Å². The van der Waals surface area contributed by atoms with E-state index in [9.17, 15) is 4.39 Å². The number of ether oxygens (including phenoxy) is 1. The maximum absolute atomic E-state index is 14.0. The van der Waals surface area contributed by atoms with Crippen LogP contribution in [0.5, 0.6) is 0 Å². The summed E-state index contributed by atoms with van der Waals surface area (Å²) in [6.07, 6.45) is 9.90. The zero-order valence-electron chi connectivity index (χ0n) is 10.9. The zero-order valence-corrected chi connectivity index (χ0v) is 10.9. The van der Waals surface area contributed by atoms with Crippen LogP contribution in [0.2, 0.25) is 0 Å². The van der Waals surface area contributed by atoms with Crippen molar-refractivity contribution in [1.82, 2.24) is 0 Å². The summed E-state index contributed by atoms with van der Waals surface area (Å²) in [7, 11) is 0. The normalized spacial score (nSPS) is 30.6. The van der Waals surface area contributed by atoms with Gasteiger partial charge in [0.05, 0.1) is 6.10 Å². The largest absolute Gasteiger partial charge is 0.375 e. The molecule has 0 N–H and O–H groups in total. The second kappa shape index (κ2) is 7.26. The Balaban J connectivity index is 2.07. The second-order valence-electron chi connectivity index (χ2n) is 5.30. The first-order valence-corrected chi connectivity index (χ1v) is 6.97. The average molecular weight is 230 g/mol. The standard InChI is InChI=1S/C14H27FO/c1-3-4-5-6-7-8-10-13-14(2,15)11-9-12-16-13/h13H,3-12H2,1-2H3/t13-,14+/m0/s1.